The number of para-hydroxylation sites is 1. The predicted octanol–water partition coefficient (Wildman–Crippen LogP) is 4.82. The molecule has 19 heavy (non-hydrogen) atoms. The number of benzene rings is 1. The van der Waals surface area contributed by atoms with Crippen molar-refractivity contribution < 1.29 is 9.90 Å². The maximum absolute atomic E-state index is 11.4. The molecular weight excluding hydrogens is 394 g/mol. The predicted molar refractivity (Wildman–Crippen MR) is 84.9 cm³/mol. The zero-order chi connectivity index (χ0) is 14.0. The Morgan fingerprint density at radius 1 is 1.37 bits per heavy atom. The Labute approximate surface area is 131 Å². The number of aryl methyl sites for hydroxylation is 1. The Morgan fingerprint density at radius 2 is 2.05 bits per heavy atom. The largest absolute Gasteiger partial charge is 0.479 e. The molecule has 2 aromatic rings. The lowest BCUT2D eigenvalue weighted by Gasteiger charge is -2.16. The number of nitrogens with one attached hydrogen (secondary N) is 1. The van der Waals surface area contributed by atoms with Crippen LogP contribution in [0.1, 0.15) is 16.5 Å². The van der Waals surface area contributed by atoms with E-state index in [4.69, 9.17) is 0 Å². The van der Waals surface area contributed by atoms with Crippen LogP contribution < -0.4 is 5.32 Å². The van der Waals surface area contributed by atoms with Crippen LogP contribution in [0.4, 0.5) is 5.69 Å². The van der Waals surface area contributed by atoms with Crippen molar-refractivity contribution in [1.29, 1.82) is 0 Å². The average Bonchev–Trinajstić information content (AvgIpc) is 2.68. The molecule has 1 aromatic carbocycles. The summed E-state index contributed by atoms with van der Waals surface area (Å²) in [6, 6.07) is 8.69. The zero-order valence-corrected chi connectivity index (χ0v) is 14.0. The van der Waals surface area contributed by atoms with Crippen LogP contribution in [0, 0.1) is 6.92 Å². The highest BCUT2D eigenvalue weighted by atomic mass is 79.9. The Balaban J connectivity index is 2.32. The van der Waals surface area contributed by atoms with Gasteiger partial charge in [0.2, 0.25) is 0 Å². The molecule has 0 saturated carbocycles. The van der Waals surface area contributed by atoms with Crippen molar-refractivity contribution in [1.82, 2.24) is 0 Å². The number of carbonyl (C=O) groups is 1. The lowest BCUT2D eigenvalue weighted by atomic mass is 10.1. The number of anilines is 1. The first-order chi connectivity index (χ1) is 8.99. The summed E-state index contributed by atoms with van der Waals surface area (Å²) in [6.45, 7) is 1.95. The molecule has 1 heterocycles. The van der Waals surface area contributed by atoms with Crippen molar-refractivity contribution in [2.75, 3.05) is 5.32 Å². The van der Waals surface area contributed by atoms with Crippen LogP contribution in [-0.4, -0.2) is 11.1 Å². The smallest absolute Gasteiger partial charge is 0.331 e. The van der Waals surface area contributed by atoms with E-state index in [1.54, 1.807) is 0 Å². The second kappa shape index (κ2) is 6.07. The van der Waals surface area contributed by atoms with Gasteiger partial charge in [0.15, 0.2) is 6.04 Å². The number of carboxylic acids is 1. The summed E-state index contributed by atoms with van der Waals surface area (Å²) < 4.78 is 1.76. The van der Waals surface area contributed by atoms with Gasteiger partial charge >= 0.3 is 5.97 Å². The fourth-order valence-electron chi connectivity index (χ4n) is 1.65. The molecule has 1 atom stereocenters. The molecule has 0 bridgehead atoms. The van der Waals surface area contributed by atoms with Crippen LogP contribution >= 0.6 is 43.2 Å². The van der Waals surface area contributed by atoms with Crippen LogP contribution in [0.5, 0.6) is 0 Å². The first-order valence-corrected chi connectivity index (χ1v) is 7.89. The van der Waals surface area contributed by atoms with Gasteiger partial charge in [0.05, 0.1) is 3.79 Å². The maximum Gasteiger partial charge on any atom is 0.331 e. The first-order valence-electron chi connectivity index (χ1n) is 5.48. The summed E-state index contributed by atoms with van der Waals surface area (Å²) in [5.41, 5.74) is 1.85. The zero-order valence-electron chi connectivity index (χ0n) is 9.98. The molecular formula is C13H11Br2NO2S. The highest BCUT2D eigenvalue weighted by Crippen LogP contribution is 2.37. The minimum absolute atomic E-state index is 0.745. The van der Waals surface area contributed by atoms with E-state index in [2.05, 4.69) is 37.2 Å². The van der Waals surface area contributed by atoms with Crippen LogP contribution in [0.25, 0.3) is 0 Å². The van der Waals surface area contributed by atoms with Gasteiger partial charge in [0.1, 0.15) is 0 Å². The van der Waals surface area contributed by atoms with Gasteiger partial charge in [0, 0.05) is 15.0 Å². The van der Waals surface area contributed by atoms with Gasteiger partial charge in [-0.25, -0.2) is 4.79 Å². The summed E-state index contributed by atoms with van der Waals surface area (Å²) >= 11 is 8.16. The number of carboxylic acid groups (broad SMARTS) is 1. The minimum Gasteiger partial charge on any atom is -0.479 e. The summed E-state index contributed by atoms with van der Waals surface area (Å²) in [4.78, 5) is 12.2. The van der Waals surface area contributed by atoms with Crippen molar-refractivity contribution in [2.24, 2.45) is 0 Å². The molecule has 1 aromatic heterocycles. The molecule has 0 saturated heterocycles. The molecule has 0 aliphatic carbocycles. The van der Waals surface area contributed by atoms with Gasteiger partial charge in [0.25, 0.3) is 0 Å². The quantitative estimate of drug-likeness (QED) is 0.767. The van der Waals surface area contributed by atoms with E-state index in [1.807, 2.05) is 37.3 Å². The van der Waals surface area contributed by atoms with Crippen molar-refractivity contribution in [3.8, 4) is 0 Å². The van der Waals surface area contributed by atoms with E-state index in [1.165, 1.54) is 11.3 Å². The summed E-state index contributed by atoms with van der Waals surface area (Å²) in [7, 11) is 0. The Bertz CT molecular complexity index is 593. The number of rotatable bonds is 4. The molecule has 2 N–H and O–H groups in total. The molecule has 0 amide bonds. The van der Waals surface area contributed by atoms with Crippen LogP contribution in [0.3, 0.4) is 0 Å². The number of halogens is 2. The monoisotopic (exact) mass is 403 g/mol. The van der Waals surface area contributed by atoms with Gasteiger partial charge in [-0.1, -0.05) is 18.2 Å². The Hall–Kier alpha value is -0.850. The van der Waals surface area contributed by atoms with E-state index in [0.717, 1.165) is 24.4 Å². The van der Waals surface area contributed by atoms with Crippen molar-refractivity contribution in [3.63, 3.8) is 0 Å². The third-order valence-electron chi connectivity index (χ3n) is 2.64. The molecule has 0 aliphatic rings. The molecule has 0 fully saturated rings. The Morgan fingerprint density at radius 3 is 2.58 bits per heavy atom. The number of aliphatic carboxylic acids is 1. The van der Waals surface area contributed by atoms with Crippen LogP contribution in [0.15, 0.2) is 38.6 Å². The lowest BCUT2D eigenvalue weighted by molar-refractivity contribution is -0.138. The highest BCUT2D eigenvalue weighted by Gasteiger charge is 2.23. The molecule has 0 spiro atoms. The number of hydrogen-bond donors (Lipinski definition) is 2. The number of thiophene rings is 1. The highest BCUT2D eigenvalue weighted by molar-refractivity contribution is 9.13. The summed E-state index contributed by atoms with van der Waals surface area (Å²) in [6.07, 6.45) is 0. The van der Waals surface area contributed by atoms with Gasteiger partial charge in [-0.05, 0) is 56.5 Å². The normalized spacial score (nSPS) is 12.2. The summed E-state index contributed by atoms with van der Waals surface area (Å²) in [5, 5.41) is 12.5. The molecule has 0 aliphatic heterocycles. The Kier molecular flexibility index (Phi) is 4.65. The number of hydrogen-bond acceptors (Lipinski definition) is 3. The molecule has 1 unspecified atom stereocenters. The van der Waals surface area contributed by atoms with Crippen molar-refractivity contribution >= 4 is 54.9 Å². The van der Waals surface area contributed by atoms with Crippen LogP contribution in [-0.2, 0) is 4.79 Å². The van der Waals surface area contributed by atoms with Gasteiger partial charge in [-0.2, -0.15) is 0 Å². The fraction of sp³-hybridized carbons (Fsp3) is 0.154. The van der Waals surface area contributed by atoms with Gasteiger partial charge < -0.3 is 10.4 Å². The van der Waals surface area contributed by atoms with E-state index in [9.17, 15) is 9.90 Å². The minimum atomic E-state index is -0.899. The average molecular weight is 405 g/mol. The topological polar surface area (TPSA) is 49.3 Å². The van der Waals surface area contributed by atoms with E-state index >= 15 is 0 Å². The molecule has 100 valence electrons. The SMILES string of the molecule is Cc1ccccc1NC(C(=O)O)c1cc(Br)c(Br)s1. The molecule has 2 rings (SSSR count). The second-order valence-corrected chi connectivity index (χ2v) is 7.26. The van der Waals surface area contributed by atoms with Gasteiger partial charge in [-0.3, -0.25) is 0 Å². The van der Waals surface area contributed by atoms with Crippen molar-refractivity contribution in [3.05, 3.63) is 49.0 Å². The fourth-order valence-corrected chi connectivity index (χ4v) is 3.78. The standard InChI is InChI=1S/C13H11Br2NO2S/c1-7-4-2-3-5-9(7)16-11(13(17)18)10-6-8(14)12(15)19-10/h2-6,11,16H,1H3,(H,17,18). The first kappa shape index (κ1) is 14.6. The maximum atomic E-state index is 11.4. The van der Waals surface area contributed by atoms with E-state index in [-0.39, 0.29) is 0 Å². The van der Waals surface area contributed by atoms with Crippen LogP contribution in [0.2, 0.25) is 0 Å². The van der Waals surface area contributed by atoms with E-state index < -0.39 is 12.0 Å². The molecule has 6 heteroatoms. The third kappa shape index (κ3) is 3.38. The van der Waals surface area contributed by atoms with Crippen molar-refractivity contribution in [2.45, 2.75) is 13.0 Å². The summed E-state index contributed by atoms with van der Waals surface area (Å²) in [5.74, 6) is -0.899. The van der Waals surface area contributed by atoms with Gasteiger partial charge in [-0.15, -0.1) is 11.3 Å². The van der Waals surface area contributed by atoms with E-state index in [0.29, 0.717) is 0 Å². The molecule has 0 radical (unpaired) electrons. The lowest BCUT2D eigenvalue weighted by Crippen LogP contribution is -2.19. The second-order valence-electron chi connectivity index (χ2n) is 4.00. The third-order valence-corrected chi connectivity index (χ3v) is 5.96. The molecule has 3 nitrogen and oxygen atoms in total.